The Kier molecular flexibility index (Phi) is 5.03. The Morgan fingerprint density at radius 2 is 1.84 bits per heavy atom. The molecule has 3 rings (SSSR count). The first-order valence-corrected chi connectivity index (χ1v) is 9.04. The number of para-hydroxylation sites is 1. The Balaban J connectivity index is 1.68. The first-order valence-electron chi connectivity index (χ1n) is 8.16. The number of alkyl halides is 3. The zero-order chi connectivity index (χ0) is 17.9. The number of halogens is 3. The highest BCUT2D eigenvalue weighted by molar-refractivity contribution is 7.10. The number of anilines is 1. The number of urea groups is 1. The van der Waals surface area contributed by atoms with Gasteiger partial charge in [-0.3, -0.25) is 0 Å². The van der Waals surface area contributed by atoms with Crippen molar-refractivity contribution >= 4 is 23.1 Å². The second-order valence-corrected chi connectivity index (χ2v) is 7.26. The lowest BCUT2D eigenvalue weighted by Crippen LogP contribution is -2.40. The summed E-state index contributed by atoms with van der Waals surface area (Å²) in [6.45, 7) is 0.424. The number of carbonyl (C=O) groups excluding carboxylic acids is 1. The van der Waals surface area contributed by atoms with Crippen molar-refractivity contribution < 1.29 is 18.0 Å². The second-order valence-electron chi connectivity index (χ2n) is 6.32. The molecule has 1 aliphatic carbocycles. The van der Waals surface area contributed by atoms with Crippen LogP contribution in [0.1, 0.15) is 36.1 Å². The van der Waals surface area contributed by atoms with Crippen LogP contribution in [0.3, 0.4) is 0 Å². The van der Waals surface area contributed by atoms with Gasteiger partial charge >= 0.3 is 12.2 Å². The second kappa shape index (κ2) is 7.07. The summed E-state index contributed by atoms with van der Waals surface area (Å²) in [5, 5.41) is 7.12. The molecule has 7 heteroatoms. The number of carbonyl (C=O) groups is 1. The van der Waals surface area contributed by atoms with Crippen molar-refractivity contribution in [3.63, 3.8) is 0 Å². The highest BCUT2D eigenvalue weighted by atomic mass is 32.1. The number of hydrogen-bond donors (Lipinski definition) is 2. The minimum atomic E-state index is -4.51. The Labute approximate surface area is 148 Å². The predicted octanol–water partition coefficient (Wildman–Crippen LogP) is 5.40. The first-order chi connectivity index (χ1) is 11.9. The monoisotopic (exact) mass is 368 g/mol. The molecule has 0 atom stereocenters. The van der Waals surface area contributed by atoms with Gasteiger partial charge in [-0.2, -0.15) is 13.2 Å². The van der Waals surface area contributed by atoms with Crippen molar-refractivity contribution in [1.29, 1.82) is 0 Å². The largest absolute Gasteiger partial charge is 0.418 e. The zero-order valence-corrected chi connectivity index (χ0v) is 14.3. The van der Waals surface area contributed by atoms with E-state index in [1.54, 1.807) is 11.3 Å². The van der Waals surface area contributed by atoms with Gasteiger partial charge in [0.1, 0.15) is 0 Å². The molecule has 0 aliphatic heterocycles. The number of thiophene rings is 1. The first kappa shape index (κ1) is 17.8. The van der Waals surface area contributed by atoms with Crippen LogP contribution >= 0.6 is 11.3 Å². The Morgan fingerprint density at radius 3 is 2.48 bits per heavy atom. The standard InChI is InChI=1S/C18H19F3N2OS/c19-18(20,21)13-6-1-2-7-14(13)23-16(24)22-12-17(9-3-4-10-17)15-8-5-11-25-15/h1-2,5-8,11H,3-4,9-10,12H2,(H2,22,23,24). The minimum Gasteiger partial charge on any atom is -0.337 e. The molecule has 2 N–H and O–H groups in total. The van der Waals surface area contributed by atoms with Crippen LogP contribution in [-0.2, 0) is 11.6 Å². The minimum absolute atomic E-state index is 0.102. The zero-order valence-electron chi connectivity index (χ0n) is 13.5. The molecule has 3 nitrogen and oxygen atoms in total. The van der Waals surface area contributed by atoms with Crippen LogP contribution in [0.5, 0.6) is 0 Å². The Bertz CT molecular complexity index is 722. The Hall–Kier alpha value is -2.02. The molecule has 0 saturated heterocycles. The molecular formula is C18H19F3N2OS. The summed E-state index contributed by atoms with van der Waals surface area (Å²) in [7, 11) is 0. The van der Waals surface area contributed by atoms with Gasteiger partial charge in [-0.25, -0.2) is 4.79 Å². The lowest BCUT2D eigenvalue weighted by molar-refractivity contribution is -0.136. The van der Waals surface area contributed by atoms with Gasteiger partial charge in [0.25, 0.3) is 0 Å². The van der Waals surface area contributed by atoms with E-state index in [1.807, 2.05) is 11.4 Å². The average molecular weight is 368 g/mol. The molecule has 0 radical (unpaired) electrons. The van der Waals surface area contributed by atoms with Crippen molar-refractivity contribution in [3.8, 4) is 0 Å². The third-order valence-electron chi connectivity index (χ3n) is 4.67. The van der Waals surface area contributed by atoms with Gasteiger partial charge in [0, 0.05) is 16.8 Å². The molecule has 1 saturated carbocycles. The van der Waals surface area contributed by atoms with Gasteiger partial charge in [0.05, 0.1) is 11.3 Å². The molecule has 1 heterocycles. The molecule has 2 aromatic rings. The molecule has 1 aliphatic rings. The topological polar surface area (TPSA) is 41.1 Å². The summed E-state index contributed by atoms with van der Waals surface area (Å²) in [6, 6.07) is 8.42. The van der Waals surface area contributed by atoms with E-state index in [9.17, 15) is 18.0 Å². The van der Waals surface area contributed by atoms with Gasteiger partial charge in [0.2, 0.25) is 0 Å². The van der Waals surface area contributed by atoms with E-state index < -0.39 is 17.8 Å². The summed E-state index contributed by atoms with van der Waals surface area (Å²) < 4.78 is 39.0. The lowest BCUT2D eigenvalue weighted by Gasteiger charge is -2.28. The van der Waals surface area contributed by atoms with Crippen molar-refractivity contribution in [2.45, 2.75) is 37.3 Å². The summed E-state index contributed by atoms with van der Waals surface area (Å²) >= 11 is 1.66. The molecule has 25 heavy (non-hydrogen) atoms. The molecule has 0 bridgehead atoms. The van der Waals surface area contributed by atoms with Crippen LogP contribution < -0.4 is 10.6 Å². The molecular weight excluding hydrogens is 349 g/mol. The van der Waals surface area contributed by atoms with Crippen LogP contribution in [0.15, 0.2) is 41.8 Å². The lowest BCUT2D eigenvalue weighted by atomic mass is 9.84. The molecule has 1 fully saturated rings. The van der Waals surface area contributed by atoms with Crippen LogP contribution in [0.25, 0.3) is 0 Å². The SMILES string of the molecule is O=C(NCC1(c2cccs2)CCCC1)Nc1ccccc1C(F)(F)F. The number of nitrogens with one attached hydrogen (secondary N) is 2. The maximum absolute atomic E-state index is 13.0. The molecule has 134 valence electrons. The quantitative estimate of drug-likeness (QED) is 0.745. The Morgan fingerprint density at radius 1 is 1.12 bits per heavy atom. The van der Waals surface area contributed by atoms with Gasteiger partial charge in [-0.15, -0.1) is 11.3 Å². The average Bonchev–Trinajstić information content (AvgIpc) is 3.25. The maximum Gasteiger partial charge on any atom is 0.418 e. The van der Waals surface area contributed by atoms with Gasteiger partial charge in [-0.05, 0) is 36.4 Å². The van der Waals surface area contributed by atoms with Crippen LogP contribution in [-0.4, -0.2) is 12.6 Å². The molecule has 1 aromatic heterocycles. The van der Waals surface area contributed by atoms with Gasteiger partial charge < -0.3 is 10.6 Å². The van der Waals surface area contributed by atoms with Crippen molar-refractivity contribution in [2.24, 2.45) is 0 Å². The van der Waals surface area contributed by atoms with E-state index in [2.05, 4.69) is 16.7 Å². The van der Waals surface area contributed by atoms with E-state index in [0.29, 0.717) is 6.54 Å². The molecule has 0 unspecified atom stereocenters. The van der Waals surface area contributed by atoms with Gasteiger partial charge in [0.15, 0.2) is 0 Å². The number of amides is 2. The number of benzene rings is 1. The van der Waals surface area contributed by atoms with E-state index in [0.717, 1.165) is 31.7 Å². The normalized spacial score (nSPS) is 16.6. The third kappa shape index (κ3) is 3.98. The number of rotatable bonds is 4. The highest BCUT2D eigenvalue weighted by Gasteiger charge is 2.37. The molecule has 0 spiro atoms. The fourth-order valence-electron chi connectivity index (χ4n) is 3.40. The summed E-state index contributed by atoms with van der Waals surface area (Å²) in [6.07, 6.45) is -0.358. The van der Waals surface area contributed by atoms with E-state index in [1.165, 1.54) is 23.1 Å². The summed E-state index contributed by atoms with van der Waals surface area (Å²) in [5.74, 6) is 0. The van der Waals surface area contributed by atoms with Crippen molar-refractivity contribution in [3.05, 3.63) is 52.2 Å². The van der Waals surface area contributed by atoms with E-state index >= 15 is 0 Å². The van der Waals surface area contributed by atoms with Crippen LogP contribution in [0.4, 0.5) is 23.7 Å². The van der Waals surface area contributed by atoms with Crippen molar-refractivity contribution in [2.75, 3.05) is 11.9 Å². The van der Waals surface area contributed by atoms with Crippen molar-refractivity contribution in [1.82, 2.24) is 5.32 Å². The molecule has 1 aromatic carbocycles. The predicted molar refractivity (Wildman–Crippen MR) is 92.9 cm³/mol. The summed E-state index contributed by atoms with van der Waals surface area (Å²) in [5.41, 5.74) is -1.18. The van der Waals surface area contributed by atoms with Gasteiger partial charge in [-0.1, -0.05) is 31.0 Å². The smallest absolute Gasteiger partial charge is 0.337 e. The van der Waals surface area contributed by atoms with Crippen LogP contribution in [0.2, 0.25) is 0 Å². The summed E-state index contributed by atoms with van der Waals surface area (Å²) in [4.78, 5) is 13.4. The maximum atomic E-state index is 13.0. The fraction of sp³-hybridized carbons (Fsp3) is 0.389. The number of hydrogen-bond acceptors (Lipinski definition) is 2. The fourth-order valence-corrected chi connectivity index (χ4v) is 4.38. The molecule has 2 amide bonds. The highest BCUT2D eigenvalue weighted by Crippen LogP contribution is 2.42. The third-order valence-corrected chi connectivity index (χ3v) is 5.79. The van der Waals surface area contributed by atoms with Crippen LogP contribution in [0, 0.1) is 0 Å². The van der Waals surface area contributed by atoms with E-state index in [-0.39, 0.29) is 11.1 Å². The van der Waals surface area contributed by atoms with E-state index in [4.69, 9.17) is 0 Å².